The van der Waals surface area contributed by atoms with Crippen LogP contribution in [0.2, 0.25) is 0 Å². The highest BCUT2D eigenvalue weighted by Gasteiger charge is 2.27. The lowest BCUT2D eigenvalue weighted by molar-refractivity contribution is 0.450. The second kappa shape index (κ2) is 5.35. The van der Waals surface area contributed by atoms with Gasteiger partial charge in [0.1, 0.15) is 5.82 Å². The standard InChI is InChI=1S/C16H17FIN3/c17-12-2-4-13-11(9-12)1-3-14-15(18)16(20-21(13)14)10-5-7-19-8-6-10/h2,4,9-10,19H,1,3,5-8H2. The minimum atomic E-state index is -0.155. The molecule has 2 aliphatic heterocycles. The fraction of sp³-hybridized carbons (Fsp3) is 0.438. The average molecular weight is 397 g/mol. The minimum Gasteiger partial charge on any atom is -0.317 e. The molecule has 0 bridgehead atoms. The highest BCUT2D eigenvalue weighted by molar-refractivity contribution is 14.1. The molecule has 1 aromatic carbocycles. The van der Waals surface area contributed by atoms with Gasteiger partial charge in [-0.2, -0.15) is 5.10 Å². The first-order valence-corrected chi connectivity index (χ1v) is 8.58. The van der Waals surface area contributed by atoms with E-state index in [0.29, 0.717) is 5.92 Å². The molecule has 110 valence electrons. The summed E-state index contributed by atoms with van der Waals surface area (Å²) in [7, 11) is 0. The maximum atomic E-state index is 13.4. The lowest BCUT2D eigenvalue weighted by Crippen LogP contribution is -2.27. The molecule has 5 heteroatoms. The SMILES string of the molecule is Fc1ccc2c(c1)CCc1c(I)c(C3CCNCC3)nn1-2. The minimum absolute atomic E-state index is 0.155. The van der Waals surface area contributed by atoms with E-state index >= 15 is 0 Å². The molecule has 4 rings (SSSR count). The predicted octanol–water partition coefficient (Wildman–Crippen LogP) is 3.18. The third-order valence-corrected chi connectivity index (χ3v) is 5.74. The zero-order chi connectivity index (χ0) is 14.4. The molecule has 0 radical (unpaired) electrons. The maximum absolute atomic E-state index is 13.4. The molecule has 3 nitrogen and oxygen atoms in total. The summed E-state index contributed by atoms with van der Waals surface area (Å²) in [6.07, 6.45) is 4.17. The number of hydrogen-bond acceptors (Lipinski definition) is 2. The van der Waals surface area contributed by atoms with E-state index in [1.54, 1.807) is 6.07 Å². The van der Waals surface area contributed by atoms with Crippen LogP contribution in [0.4, 0.5) is 4.39 Å². The Morgan fingerprint density at radius 3 is 2.86 bits per heavy atom. The molecule has 1 aromatic heterocycles. The summed E-state index contributed by atoms with van der Waals surface area (Å²) in [5, 5.41) is 8.31. The van der Waals surface area contributed by atoms with Gasteiger partial charge in [-0.1, -0.05) is 0 Å². The lowest BCUT2D eigenvalue weighted by Gasteiger charge is -2.21. The van der Waals surface area contributed by atoms with Crippen molar-refractivity contribution in [2.75, 3.05) is 13.1 Å². The Bertz CT molecular complexity index is 689. The molecule has 0 spiro atoms. The van der Waals surface area contributed by atoms with Crippen LogP contribution in [0.5, 0.6) is 0 Å². The van der Waals surface area contributed by atoms with Gasteiger partial charge in [0.2, 0.25) is 0 Å². The number of aryl methyl sites for hydroxylation is 1. The van der Waals surface area contributed by atoms with Crippen molar-refractivity contribution in [2.24, 2.45) is 0 Å². The molecular weight excluding hydrogens is 380 g/mol. The molecule has 21 heavy (non-hydrogen) atoms. The number of nitrogens with zero attached hydrogens (tertiary/aromatic N) is 2. The summed E-state index contributed by atoms with van der Waals surface area (Å²) in [5.41, 5.74) is 4.65. The van der Waals surface area contributed by atoms with Gasteiger partial charge in [-0.25, -0.2) is 9.07 Å². The van der Waals surface area contributed by atoms with Crippen LogP contribution in [0.3, 0.4) is 0 Å². The van der Waals surface area contributed by atoms with E-state index in [2.05, 4.69) is 32.6 Å². The molecule has 1 fully saturated rings. The summed E-state index contributed by atoms with van der Waals surface area (Å²) in [6, 6.07) is 5.05. The number of piperidine rings is 1. The maximum Gasteiger partial charge on any atom is 0.123 e. The molecule has 0 amide bonds. The van der Waals surface area contributed by atoms with E-state index in [1.807, 2.05) is 6.07 Å². The van der Waals surface area contributed by atoms with Crippen LogP contribution >= 0.6 is 22.6 Å². The molecule has 0 saturated carbocycles. The van der Waals surface area contributed by atoms with Crippen LogP contribution < -0.4 is 5.32 Å². The zero-order valence-corrected chi connectivity index (χ0v) is 13.9. The monoisotopic (exact) mass is 397 g/mol. The smallest absolute Gasteiger partial charge is 0.123 e. The predicted molar refractivity (Wildman–Crippen MR) is 88.5 cm³/mol. The molecule has 1 saturated heterocycles. The first kappa shape index (κ1) is 13.7. The van der Waals surface area contributed by atoms with E-state index in [1.165, 1.54) is 21.0 Å². The zero-order valence-electron chi connectivity index (χ0n) is 11.7. The number of rotatable bonds is 1. The average Bonchev–Trinajstić information content (AvgIpc) is 2.85. The summed E-state index contributed by atoms with van der Waals surface area (Å²) < 4.78 is 16.8. The van der Waals surface area contributed by atoms with Crippen LogP contribution in [-0.4, -0.2) is 22.9 Å². The Morgan fingerprint density at radius 1 is 1.24 bits per heavy atom. The molecule has 1 N–H and O–H groups in total. The second-order valence-electron chi connectivity index (χ2n) is 5.86. The van der Waals surface area contributed by atoms with Gasteiger partial charge < -0.3 is 5.32 Å². The highest BCUT2D eigenvalue weighted by Crippen LogP contribution is 2.34. The number of aromatic nitrogens is 2. The van der Waals surface area contributed by atoms with Crippen molar-refractivity contribution in [2.45, 2.75) is 31.6 Å². The molecule has 2 aliphatic rings. The van der Waals surface area contributed by atoms with Gasteiger partial charge in [0, 0.05) is 5.92 Å². The number of benzene rings is 1. The topological polar surface area (TPSA) is 29.9 Å². The molecular formula is C16H17FIN3. The van der Waals surface area contributed by atoms with Gasteiger partial charge >= 0.3 is 0 Å². The van der Waals surface area contributed by atoms with Crippen LogP contribution in [0.25, 0.3) is 5.69 Å². The molecule has 2 aromatic rings. The molecule has 0 unspecified atom stereocenters. The quantitative estimate of drug-likeness (QED) is 0.750. The van der Waals surface area contributed by atoms with Crippen molar-refractivity contribution < 1.29 is 4.39 Å². The number of fused-ring (bicyclic) bond motifs is 3. The van der Waals surface area contributed by atoms with E-state index in [4.69, 9.17) is 5.10 Å². The first-order valence-electron chi connectivity index (χ1n) is 7.51. The third-order valence-electron chi connectivity index (χ3n) is 4.57. The molecule has 0 aliphatic carbocycles. The van der Waals surface area contributed by atoms with E-state index in [9.17, 15) is 4.39 Å². The van der Waals surface area contributed by atoms with Crippen molar-refractivity contribution in [1.82, 2.24) is 15.1 Å². The Labute approximate surface area is 137 Å². The van der Waals surface area contributed by atoms with Crippen molar-refractivity contribution in [3.63, 3.8) is 0 Å². The van der Waals surface area contributed by atoms with Crippen LogP contribution in [0.15, 0.2) is 18.2 Å². The van der Waals surface area contributed by atoms with Gasteiger partial charge in [0.15, 0.2) is 0 Å². The van der Waals surface area contributed by atoms with Crippen LogP contribution in [0.1, 0.15) is 35.7 Å². The number of hydrogen-bond donors (Lipinski definition) is 1. The third kappa shape index (κ3) is 2.30. The summed E-state index contributed by atoms with van der Waals surface area (Å²) in [6.45, 7) is 2.15. The van der Waals surface area contributed by atoms with Crippen LogP contribution in [0, 0.1) is 9.39 Å². The Morgan fingerprint density at radius 2 is 2.05 bits per heavy atom. The van der Waals surface area contributed by atoms with E-state index in [-0.39, 0.29) is 5.82 Å². The summed E-state index contributed by atoms with van der Waals surface area (Å²) in [4.78, 5) is 0. The number of halogens is 2. The fourth-order valence-electron chi connectivity index (χ4n) is 3.44. The normalized spacial score (nSPS) is 18.4. The molecule has 0 atom stereocenters. The Hall–Kier alpha value is -0.950. The van der Waals surface area contributed by atoms with Gasteiger partial charge in [0.05, 0.1) is 20.6 Å². The van der Waals surface area contributed by atoms with E-state index < -0.39 is 0 Å². The lowest BCUT2D eigenvalue weighted by atomic mass is 9.94. The summed E-state index contributed by atoms with van der Waals surface area (Å²) in [5.74, 6) is 0.401. The van der Waals surface area contributed by atoms with Crippen molar-refractivity contribution in [3.8, 4) is 5.69 Å². The van der Waals surface area contributed by atoms with Crippen molar-refractivity contribution in [3.05, 3.63) is 44.5 Å². The first-order chi connectivity index (χ1) is 10.2. The van der Waals surface area contributed by atoms with Crippen molar-refractivity contribution in [1.29, 1.82) is 0 Å². The fourth-order valence-corrected chi connectivity index (χ4v) is 4.48. The Balaban J connectivity index is 1.80. The largest absolute Gasteiger partial charge is 0.317 e. The van der Waals surface area contributed by atoms with Gasteiger partial charge in [-0.15, -0.1) is 0 Å². The highest BCUT2D eigenvalue weighted by atomic mass is 127. The van der Waals surface area contributed by atoms with E-state index in [0.717, 1.165) is 50.0 Å². The second-order valence-corrected chi connectivity index (χ2v) is 6.93. The van der Waals surface area contributed by atoms with Gasteiger partial charge in [-0.3, -0.25) is 0 Å². The van der Waals surface area contributed by atoms with Gasteiger partial charge in [-0.05, 0) is 85.1 Å². The van der Waals surface area contributed by atoms with Crippen LogP contribution in [-0.2, 0) is 12.8 Å². The van der Waals surface area contributed by atoms with Gasteiger partial charge in [0.25, 0.3) is 0 Å². The van der Waals surface area contributed by atoms with Crippen molar-refractivity contribution >= 4 is 22.6 Å². The number of nitrogens with one attached hydrogen (secondary N) is 1. The Kier molecular flexibility index (Phi) is 3.49. The summed E-state index contributed by atoms with van der Waals surface area (Å²) >= 11 is 2.45. The molecule has 3 heterocycles.